The summed E-state index contributed by atoms with van der Waals surface area (Å²) >= 11 is -2.45. The first kappa shape index (κ1) is 22.1. The van der Waals surface area contributed by atoms with Crippen LogP contribution < -0.4 is 44.7 Å². The van der Waals surface area contributed by atoms with Gasteiger partial charge in [0, 0.05) is 34.3 Å². The van der Waals surface area contributed by atoms with Crippen molar-refractivity contribution < 1.29 is 53.0 Å². The zero-order valence-corrected chi connectivity index (χ0v) is 17.0. The number of aliphatic carboxylic acids is 1. The van der Waals surface area contributed by atoms with Crippen molar-refractivity contribution in [2.24, 2.45) is 0 Å². The Kier molecular flexibility index (Phi) is 8.70. The third kappa shape index (κ3) is 6.08. The van der Waals surface area contributed by atoms with Gasteiger partial charge in [0.1, 0.15) is 0 Å². The van der Waals surface area contributed by atoms with Crippen molar-refractivity contribution in [2.45, 2.75) is 6.92 Å². The van der Waals surface area contributed by atoms with Crippen LogP contribution in [0.2, 0.25) is 0 Å². The fourth-order valence-corrected chi connectivity index (χ4v) is 2.46. The van der Waals surface area contributed by atoms with E-state index in [0.717, 1.165) is 11.8 Å². The van der Waals surface area contributed by atoms with Gasteiger partial charge in [0.15, 0.2) is 0 Å². The second kappa shape index (κ2) is 10.2. The fraction of sp³-hybridized carbons (Fsp3) is 0.0588. The van der Waals surface area contributed by atoms with Crippen LogP contribution in [-0.2, 0) is 16.1 Å². The Balaban J connectivity index is 0.00000338. The normalized spacial score (nSPS) is 11.8. The van der Waals surface area contributed by atoms with Crippen LogP contribution in [0.25, 0.3) is 5.57 Å². The van der Waals surface area contributed by atoms with Crippen LogP contribution in [-0.4, -0.2) is 20.6 Å². The molecular weight excluding hydrogens is 367 g/mol. The van der Waals surface area contributed by atoms with E-state index in [0.29, 0.717) is 11.3 Å². The van der Waals surface area contributed by atoms with Gasteiger partial charge in [-0.2, -0.15) is 0 Å². The summed E-state index contributed by atoms with van der Waals surface area (Å²) in [5, 5.41) is 13.8. The first-order chi connectivity index (χ1) is 11.9. The van der Waals surface area contributed by atoms with E-state index < -0.39 is 23.1 Å². The second-order valence-corrected chi connectivity index (χ2v) is 5.72. The number of hydrogen-bond acceptors (Lipinski definition) is 5. The minimum Gasteiger partial charge on any atom is -0.755 e. The summed E-state index contributed by atoms with van der Waals surface area (Å²) in [5.41, 5.74) is 1.57. The Morgan fingerprint density at radius 1 is 1.08 bits per heavy atom. The predicted molar refractivity (Wildman–Crippen MR) is 90.6 cm³/mol. The van der Waals surface area contributed by atoms with E-state index in [2.05, 4.69) is 10.0 Å². The molecule has 0 aliphatic carbocycles. The van der Waals surface area contributed by atoms with Gasteiger partial charge < -0.3 is 24.5 Å². The standard InChI is InChI=1S/C17H16N2O5S.Na/c1-11-4-2-3-5-14(11)15(17(21)22)10-18-16(20)12-6-8-13(9-7-12)19-25(23)24;/h2-10,19H,1H3,(H,18,20)(H,21,22)(H,23,24);/q;+1/p-2/b15-10-;. The van der Waals surface area contributed by atoms with E-state index in [1.165, 1.54) is 24.3 Å². The van der Waals surface area contributed by atoms with Crippen molar-refractivity contribution in [3.05, 3.63) is 71.4 Å². The summed E-state index contributed by atoms with van der Waals surface area (Å²) in [7, 11) is 0. The van der Waals surface area contributed by atoms with Crippen LogP contribution in [0.1, 0.15) is 21.5 Å². The van der Waals surface area contributed by atoms with Gasteiger partial charge in [0.25, 0.3) is 5.91 Å². The maximum atomic E-state index is 12.1. The van der Waals surface area contributed by atoms with Crippen LogP contribution >= 0.6 is 0 Å². The van der Waals surface area contributed by atoms with Crippen LogP contribution in [0.15, 0.2) is 54.7 Å². The monoisotopic (exact) mass is 381 g/mol. The first-order valence-electron chi connectivity index (χ1n) is 7.13. The Morgan fingerprint density at radius 2 is 1.69 bits per heavy atom. The van der Waals surface area contributed by atoms with Crippen molar-refractivity contribution in [1.82, 2.24) is 5.32 Å². The van der Waals surface area contributed by atoms with Gasteiger partial charge in [-0.1, -0.05) is 24.3 Å². The fourth-order valence-electron chi connectivity index (χ4n) is 2.13. The smallest absolute Gasteiger partial charge is 0.755 e. The van der Waals surface area contributed by atoms with Gasteiger partial charge in [0.2, 0.25) is 0 Å². The molecule has 0 saturated carbocycles. The summed E-state index contributed by atoms with van der Waals surface area (Å²) in [5.74, 6) is -1.95. The summed E-state index contributed by atoms with van der Waals surface area (Å²) in [6.07, 6.45) is 1.08. The Hall–Kier alpha value is -1.97. The molecule has 2 aromatic rings. The van der Waals surface area contributed by atoms with Gasteiger partial charge >= 0.3 is 29.6 Å². The van der Waals surface area contributed by atoms with E-state index in [9.17, 15) is 23.5 Å². The molecule has 1 atom stereocenters. The van der Waals surface area contributed by atoms with Crippen LogP contribution in [0.3, 0.4) is 0 Å². The molecule has 0 radical (unpaired) electrons. The molecule has 0 bridgehead atoms. The second-order valence-electron chi connectivity index (χ2n) is 5.05. The van der Waals surface area contributed by atoms with Crippen LogP contribution in [0.5, 0.6) is 0 Å². The van der Waals surface area contributed by atoms with Crippen molar-refractivity contribution in [3.8, 4) is 0 Å². The largest absolute Gasteiger partial charge is 1.00 e. The average molecular weight is 381 g/mol. The molecule has 0 aromatic heterocycles. The number of carbonyl (C=O) groups excluding carboxylic acids is 2. The Bertz CT molecular complexity index is 852. The van der Waals surface area contributed by atoms with Gasteiger partial charge in [0.05, 0.1) is 5.97 Å². The molecule has 130 valence electrons. The Labute approximate surface area is 175 Å². The molecule has 0 spiro atoms. The topological polar surface area (TPSA) is 121 Å². The SMILES string of the molecule is Cc1ccccc1/C(=C/NC(=O)c1ccc(NS(=O)[O-])cc1)C(=O)[O-].[Na+]. The van der Waals surface area contributed by atoms with Crippen molar-refractivity contribution in [2.75, 3.05) is 4.72 Å². The molecule has 0 heterocycles. The number of anilines is 1. The maximum absolute atomic E-state index is 12.1. The number of rotatable bonds is 6. The van der Waals surface area contributed by atoms with E-state index in [4.69, 9.17) is 0 Å². The maximum Gasteiger partial charge on any atom is 1.00 e. The quantitative estimate of drug-likeness (QED) is 0.332. The zero-order valence-electron chi connectivity index (χ0n) is 14.1. The number of carbonyl (C=O) groups is 2. The first-order valence-corrected chi connectivity index (χ1v) is 8.20. The van der Waals surface area contributed by atoms with Gasteiger partial charge in [-0.25, -0.2) is 0 Å². The number of carboxylic acids is 1. The molecule has 0 fully saturated rings. The molecular formula is C17H14N2NaO5S-. The molecule has 0 aliphatic rings. The molecule has 1 unspecified atom stereocenters. The van der Waals surface area contributed by atoms with Crippen molar-refractivity contribution in [3.63, 3.8) is 0 Å². The molecule has 2 rings (SSSR count). The summed E-state index contributed by atoms with van der Waals surface area (Å²) < 4.78 is 23.2. The summed E-state index contributed by atoms with van der Waals surface area (Å²) in [6, 6.07) is 12.5. The van der Waals surface area contributed by atoms with Crippen molar-refractivity contribution >= 4 is 34.4 Å². The van der Waals surface area contributed by atoms with E-state index >= 15 is 0 Å². The van der Waals surface area contributed by atoms with E-state index in [-0.39, 0.29) is 40.7 Å². The number of aryl methyl sites for hydroxylation is 1. The number of amides is 1. The zero-order chi connectivity index (χ0) is 18.4. The summed E-state index contributed by atoms with van der Waals surface area (Å²) in [4.78, 5) is 23.5. The predicted octanol–water partition coefficient (Wildman–Crippen LogP) is -2.27. The molecule has 7 nitrogen and oxygen atoms in total. The summed E-state index contributed by atoms with van der Waals surface area (Å²) in [6.45, 7) is 1.75. The van der Waals surface area contributed by atoms with Crippen molar-refractivity contribution in [1.29, 1.82) is 0 Å². The minimum atomic E-state index is -2.45. The average Bonchev–Trinajstić information content (AvgIpc) is 2.56. The van der Waals surface area contributed by atoms with Crippen LogP contribution in [0, 0.1) is 6.92 Å². The van der Waals surface area contributed by atoms with Gasteiger partial charge in [-0.15, -0.1) is 0 Å². The van der Waals surface area contributed by atoms with Gasteiger partial charge in [-0.05, 0) is 42.3 Å². The molecule has 1 amide bonds. The van der Waals surface area contributed by atoms with E-state index in [1.54, 1.807) is 31.2 Å². The molecule has 9 heteroatoms. The third-order valence-corrected chi connectivity index (χ3v) is 3.75. The number of carboxylic acid groups (broad SMARTS) is 1. The number of nitrogens with one attached hydrogen (secondary N) is 2. The van der Waals surface area contributed by atoms with Gasteiger partial charge in [-0.3, -0.25) is 9.00 Å². The Morgan fingerprint density at radius 3 is 2.23 bits per heavy atom. The molecule has 26 heavy (non-hydrogen) atoms. The molecule has 0 saturated heterocycles. The number of benzene rings is 2. The molecule has 0 aliphatic heterocycles. The minimum absolute atomic E-state index is 0. The number of hydrogen-bond donors (Lipinski definition) is 2. The molecule has 2 N–H and O–H groups in total. The van der Waals surface area contributed by atoms with Crippen LogP contribution in [0.4, 0.5) is 5.69 Å². The molecule has 2 aromatic carbocycles. The van der Waals surface area contributed by atoms with E-state index in [1.807, 2.05) is 0 Å². The third-order valence-electron chi connectivity index (χ3n) is 3.35.